The van der Waals surface area contributed by atoms with E-state index in [-0.39, 0.29) is 6.42 Å². The highest BCUT2D eigenvalue weighted by Gasteiger charge is 2.14. The number of pyridine rings is 1. The van der Waals surface area contributed by atoms with Gasteiger partial charge in [-0.1, -0.05) is 46.9 Å². The van der Waals surface area contributed by atoms with Crippen molar-refractivity contribution < 1.29 is 0 Å². The first kappa shape index (κ1) is 13.2. The molecule has 0 atom stereocenters. The zero-order chi connectivity index (χ0) is 13.1. The summed E-state index contributed by atoms with van der Waals surface area (Å²) in [5.41, 5.74) is 2.13. The first-order valence-electron chi connectivity index (χ1n) is 5.10. The minimum atomic E-state index is 0.237. The Balaban J connectivity index is 2.71. The molecular formula is C13H7Cl3N2. The van der Waals surface area contributed by atoms with Gasteiger partial charge in [0.2, 0.25) is 0 Å². The van der Waals surface area contributed by atoms with Gasteiger partial charge in [0, 0.05) is 17.3 Å². The van der Waals surface area contributed by atoms with Gasteiger partial charge in [-0.25, -0.2) is 4.98 Å². The zero-order valence-corrected chi connectivity index (χ0v) is 11.4. The van der Waals surface area contributed by atoms with E-state index in [4.69, 9.17) is 40.1 Å². The zero-order valence-electron chi connectivity index (χ0n) is 9.12. The van der Waals surface area contributed by atoms with E-state index in [0.717, 1.165) is 5.56 Å². The summed E-state index contributed by atoms with van der Waals surface area (Å²) in [7, 11) is 0. The first-order chi connectivity index (χ1) is 8.65. The Kier molecular flexibility index (Phi) is 4.08. The van der Waals surface area contributed by atoms with E-state index in [0.29, 0.717) is 26.3 Å². The van der Waals surface area contributed by atoms with Crippen molar-refractivity contribution >= 4 is 34.8 Å². The molecule has 0 fully saturated rings. The predicted molar refractivity (Wildman–Crippen MR) is 74.0 cm³/mol. The van der Waals surface area contributed by atoms with Gasteiger partial charge in [0.15, 0.2) is 0 Å². The third-order valence-corrected chi connectivity index (χ3v) is 3.59. The maximum atomic E-state index is 8.83. The number of hydrogen-bond donors (Lipinski definition) is 0. The van der Waals surface area contributed by atoms with E-state index in [1.807, 2.05) is 0 Å². The van der Waals surface area contributed by atoms with Crippen LogP contribution in [-0.2, 0) is 6.42 Å². The summed E-state index contributed by atoms with van der Waals surface area (Å²) >= 11 is 18.3. The number of rotatable bonds is 2. The van der Waals surface area contributed by atoms with E-state index in [9.17, 15) is 0 Å². The average molecular weight is 298 g/mol. The summed E-state index contributed by atoms with van der Waals surface area (Å²) in [5, 5.41) is 10.00. The average Bonchev–Trinajstić information content (AvgIpc) is 2.34. The van der Waals surface area contributed by atoms with E-state index in [2.05, 4.69) is 11.1 Å². The topological polar surface area (TPSA) is 36.7 Å². The Morgan fingerprint density at radius 2 is 1.94 bits per heavy atom. The number of halogens is 3. The molecule has 0 aliphatic heterocycles. The van der Waals surface area contributed by atoms with Crippen molar-refractivity contribution in [2.75, 3.05) is 0 Å². The summed E-state index contributed by atoms with van der Waals surface area (Å²) in [4.78, 5) is 4.02. The fourth-order valence-electron chi connectivity index (χ4n) is 1.69. The van der Waals surface area contributed by atoms with Crippen molar-refractivity contribution in [3.05, 3.63) is 51.2 Å². The lowest BCUT2D eigenvalue weighted by atomic mass is 10.0. The van der Waals surface area contributed by atoms with Gasteiger partial charge in [-0.2, -0.15) is 5.26 Å². The Morgan fingerprint density at radius 3 is 2.67 bits per heavy atom. The van der Waals surface area contributed by atoms with Crippen LogP contribution in [0.2, 0.25) is 15.2 Å². The molecule has 1 aromatic heterocycles. The van der Waals surface area contributed by atoms with Crippen LogP contribution in [0.5, 0.6) is 0 Å². The summed E-state index contributed by atoms with van der Waals surface area (Å²) in [6.07, 6.45) is 1.80. The fraction of sp³-hybridized carbons (Fsp3) is 0.0769. The molecular weight excluding hydrogens is 291 g/mol. The van der Waals surface area contributed by atoms with Crippen LogP contribution >= 0.6 is 34.8 Å². The molecule has 0 spiro atoms. The third kappa shape index (κ3) is 2.44. The summed E-state index contributed by atoms with van der Waals surface area (Å²) in [5.74, 6) is 0. The Hall–Kier alpha value is -1.27. The summed E-state index contributed by atoms with van der Waals surface area (Å²) < 4.78 is 0. The van der Waals surface area contributed by atoms with Crippen molar-refractivity contribution in [3.63, 3.8) is 0 Å². The number of benzene rings is 1. The van der Waals surface area contributed by atoms with Crippen molar-refractivity contribution in [3.8, 4) is 17.2 Å². The van der Waals surface area contributed by atoms with E-state index in [1.54, 1.807) is 30.5 Å². The maximum Gasteiger partial charge on any atom is 0.137 e. The molecule has 1 aromatic carbocycles. The van der Waals surface area contributed by atoms with Gasteiger partial charge in [-0.05, 0) is 17.7 Å². The van der Waals surface area contributed by atoms with Crippen LogP contribution in [-0.4, -0.2) is 4.98 Å². The second-order valence-corrected chi connectivity index (χ2v) is 4.72. The smallest absolute Gasteiger partial charge is 0.137 e. The molecule has 0 bridgehead atoms. The molecule has 0 amide bonds. The lowest BCUT2D eigenvalue weighted by Crippen LogP contribution is -1.93. The van der Waals surface area contributed by atoms with Gasteiger partial charge in [-0.3, -0.25) is 0 Å². The predicted octanol–water partition coefficient (Wildman–Crippen LogP) is 4.77. The molecule has 0 aliphatic carbocycles. The van der Waals surface area contributed by atoms with Crippen molar-refractivity contribution in [1.82, 2.24) is 4.98 Å². The van der Waals surface area contributed by atoms with Crippen LogP contribution in [0.4, 0.5) is 0 Å². The van der Waals surface area contributed by atoms with Crippen LogP contribution in [0.3, 0.4) is 0 Å². The second kappa shape index (κ2) is 5.58. The molecule has 0 N–H and O–H groups in total. The highest BCUT2D eigenvalue weighted by molar-refractivity contribution is 6.44. The lowest BCUT2D eigenvalue weighted by Gasteiger charge is -2.11. The number of aromatic nitrogens is 1. The molecule has 1 heterocycles. The van der Waals surface area contributed by atoms with Crippen molar-refractivity contribution in [2.45, 2.75) is 6.42 Å². The Morgan fingerprint density at radius 1 is 1.17 bits per heavy atom. The van der Waals surface area contributed by atoms with Gasteiger partial charge in [-0.15, -0.1) is 0 Å². The molecule has 2 nitrogen and oxygen atoms in total. The monoisotopic (exact) mass is 296 g/mol. The third-order valence-electron chi connectivity index (χ3n) is 2.48. The lowest BCUT2D eigenvalue weighted by molar-refractivity contribution is 1.21. The molecule has 2 rings (SSSR count). The minimum Gasteiger partial charge on any atom is -0.244 e. The van der Waals surface area contributed by atoms with Crippen LogP contribution < -0.4 is 0 Å². The second-order valence-electron chi connectivity index (χ2n) is 3.57. The molecule has 0 aliphatic rings. The molecule has 0 unspecified atom stereocenters. The molecule has 90 valence electrons. The quantitative estimate of drug-likeness (QED) is 0.748. The summed E-state index contributed by atoms with van der Waals surface area (Å²) in [6.45, 7) is 0. The Labute approximate surface area is 120 Å². The van der Waals surface area contributed by atoms with Crippen LogP contribution in [0.1, 0.15) is 5.56 Å². The molecule has 0 saturated heterocycles. The normalized spacial score (nSPS) is 10.1. The summed E-state index contributed by atoms with van der Waals surface area (Å²) in [6, 6.07) is 9.13. The number of nitriles is 1. The van der Waals surface area contributed by atoms with Crippen LogP contribution in [0, 0.1) is 11.3 Å². The van der Waals surface area contributed by atoms with Gasteiger partial charge in [0.05, 0.1) is 22.5 Å². The van der Waals surface area contributed by atoms with Gasteiger partial charge >= 0.3 is 0 Å². The van der Waals surface area contributed by atoms with Crippen LogP contribution in [0.25, 0.3) is 11.1 Å². The van der Waals surface area contributed by atoms with Crippen molar-refractivity contribution in [2.24, 2.45) is 0 Å². The largest absolute Gasteiger partial charge is 0.244 e. The highest BCUT2D eigenvalue weighted by Crippen LogP contribution is 2.38. The SMILES string of the molecule is N#CCc1ccnc(Cl)c1-c1cccc(Cl)c1Cl. The maximum absolute atomic E-state index is 8.83. The first-order valence-corrected chi connectivity index (χ1v) is 6.23. The number of nitrogens with zero attached hydrogens (tertiary/aromatic N) is 2. The molecule has 5 heteroatoms. The molecule has 2 aromatic rings. The standard InChI is InChI=1S/C13H7Cl3N2/c14-10-3-1-2-9(12(10)15)11-8(4-6-17)5-7-18-13(11)16/h1-3,5,7H,4H2. The molecule has 18 heavy (non-hydrogen) atoms. The number of hydrogen-bond acceptors (Lipinski definition) is 2. The van der Waals surface area contributed by atoms with Gasteiger partial charge < -0.3 is 0 Å². The molecule has 0 saturated carbocycles. The van der Waals surface area contributed by atoms with E-state index < -0.39 is 0 Å². The van der Waals surface area contributed by atoms with Gasteiger partial charge in [0.1, 0.15) is 5.15 Å². The van der Waals surface area contributed by atoms with E-state index >= 15 is 0 Å². The Bertz CT molecular complexity index is 633. The van der Waals surface area contributed by atoms with Gasteiger partial charge in [0.25, 0.3) is 0 Å². The highest BCUT2D eigenvalue weighted by atomic mass is 35.5. The van der Waals surface area contributed by atoms with Crippen LogP contribution in [0.15, 0.2) is 30.5 Å². The van der Waals surface area contributed by atoms with Crippen molar-refractivity contribution in [1.29, 1.82) is 5.26 Å². The van der Waals surface area contributed by atoms with E-state index in [1.165, 1.54) is 0 Å². The minimum absolute atomic E-state index is 0.237. The fourth-order valence-corrected chi connectivity index (χ4v) is 2.36. The molecule has 0 radical (unpaired) electrons.